The molecule has 1 atom stereocenters. The molecule has 0 aliphatic carbocycles. The molecule has 0 aliphatic heterocycles. The van der Waals surface area contributed by atoms with E-state index in [1.165, 1.54) is 0 Å². The van der Waals surface area contributed by atoms with Gasteiger partial charge in [0.05, 0.1) is 24.9 Å². The molecule has 0 heterocycles. The molecule has 0 saturated carbocycles. The number of hydrogen-bond donors (Lipinski definition) is 1. The van der Waals surface area contributed by atoms with Crippen molar-refractivity contribution in [3.8, 4) is 5.75 Å². The van der Waals surface area contributed by atoms with E-state index in [0.29, 0.717) is 24.2 Å². The minimum Gasteiger partial charge on any atom is -0.491 e. The van der Waals surface area contributed by atoms with Gasteiger partial charge in [-0.3, -0.25) is 0 Å². The molecule has 0 spiro atoms. The van der Waals surface area contributed by atoms with Crippen LogP contribution in [-0.4, -0.2) is 26.4 Å². The van der Waals surface area contributed by atoms with Gasteiger partial charge < -0.3 is 14.8 Å². The highest BCUT2D eigenvalue weighted by atomic mass is 35.5. The highest BCUT2D eigenvalue weighted by molar-refractivity contribution is 6.30. The molecule has 0 bridgehead atoms. The number of ether oxygens (including phenoxy) is 2. The molecule has 1 aromatic rings. The molecule has 3 nitrogen and oxygen atoms in total. The molecule has 1 rings (SSSR count). The van der Waals surface area contributed by atoms with Crippen molar-refractivity contribution in [1.29, 1.82) is 0 Å². The van der Waals surface area contributed by atoms with Crippen molar-refractivity contribution >= 4 is 17.3 Å². The van der Waals surface area contributed by atoms with Gasteiger partial charge in [-0.05, 0) is 30.5 Å². The molecule has 0 fully saturated rings. The van der Waals surface area contributed by atoms with Gasteiger partial charge in [-0.15, -0.1) is 0 Å². The molecule has 0 aliphatic rings. The average Bonchev–Trinajstić information content (AvgIpc) is 2.37. The van der Waals surface area contributed by atoms with E-state index < -0.39 is 0 Å². The van der Waals surface area contributed by atoms with Gasteiger partial charge in [0, 0.05) is 12.1 Å². The average molecular weight is 286 g/mol. The van der Waals surface area contributed by atoms with Crippen LogP contribution in [0.1, 0.15) is 27.2 Å². The van der Waals surface area contributed by atoms with Crippen molar-refractivity contribution in [3.05, 3.63) is 23.2 Å². The van der Waals surface area contributed by atoms with Gasteiger partial charge in [-0.2, -0.15) is 0 Å². The molecule has 1 N–H and O–H groups in total. The molecule has 0 amide bonds. The van der Waals surface area contributed by atoms with Crippen LogP contribution in [0.25, 0.3) is 0 Å². The fraction of sp³-hybridized carbons (Fsp3) is 0.600. The SMILES string of the molecule is CCCOc1ccc(Cl)cc1NC(COC)C(C)C. The van der Waals surface area contributed by atoms with Crippen LogP contribution in [-0.2, 0) is 4.74 Å². The van der Waals surface area contributed by atoms with Crippen LogP contribution in [0.5, 0.6) is 5.75 Å². The Kier molecular flexibility index (Phi) is 7.03. The van der Waals surface area contributed by atoms with Crippen molar-refractivity contribution in [2.75, 3.05) is 25.6 Å². The van der Waals surface area contributed by atoms with Gasteiger partial charge in [-0.1, -0.05) is 32.4 Å². The number of nitrogens with one attached hydrogen (secondary N) is 1. The van der Waals surface area contributed by atoms with Crippen LogP contribution in [0.4, 0.5) is 5.69 Å². The van der Waals surface area contributed by atoms with Crippen LogP contribution in [0.3, 0.4) is 0 Å². The van der Waals surface area contributed by atoms with E-state index in [1.807, 2.05) is 18.2 Å². The standard InChI is InChI=1S/C15H24ClNO2/c1-5-8-19-15-7-6-12(16)9-13(15)17-14(10-18-4)11(2)3/h6-7,9,11,14,17H,5,8,10H2,1-4H3. The van der Waals surface area contributed by atoms with Gasteiger partial charge in [-0.25, -0.2) is 0 Å². The fourth-order valence-corrected chi connectivity index (χ4v) is 1.91. The zero-order valence-corrected chi connectivity index (χ0v) is 13.0. The summed E-state index contributed by atoms with van der Waals surface area (Å²) in [5.74, 6) is 1.30. The summed E-state index contributed by atoms with van der Waals surface area (Å²) in [5, 5.41) is 4.16. The summed E-state index contributed by atoms with van der Waals surface area (Å²) in [6, 6.07) is 5.88. The van der Waals surface area contributed by atoms with Gasteiger partial charge in [0.2, 0.25) is 0 Å². The molecule has 19 heavy (non-hydrogen) atoms. The van der Waals surface area contributed by atoms with Crippen LogP contribution in [0, 0.1) is 5.92 Å². The zero-order valence-electron chi connectivity index (χ0n) is 12.2. The number of anilines is 1. The predicted octanol–water partition coefficient (Wildman–Crippen LogP) is 4.21. The van der Waals surface area contributed by atoms with E-state index in [1.54, 1.807) is 7.11 Å². The smallest absolute Gasteiger partial charge is 0.142 e. The maximum absolute atomic E-state index is 6.06. The third kappa shape index (κ3) is 5.29. The Hall–Kier alpha value is -0.930. The Morgan fingerprint density at radius 2 is 2.05 bits per heavy atom. The van der Waals surface area contributed by atoms with E-state index >= 15 is 0 Å². The molecule has 1 aromatic carbocycles. The molecular weight excluding hydrogens is 262 g/mol. The van der Waals surface area contributed by atoms with Gasteiger partial charge in [0.25, 0.3) is 0 Å². The fourth-order valence-electron chi connectivity index (χ4n) is 1.73. The third-order valence-corrected chi connectivity index (χ3v) is 3.13. The first-order valence-electron chi connectivity index (χ1n) is 6.76. The second kappa shape index (κ2) is 8.28. The summed E-state index contributed by atoms with van der Waals surface area (Å²) in [6.07, 6.45) is 0.980. The Labute approximate surface area is 121 Å². The summed E-state index contributed by atoms with van der Waals surface area (Å²) >= 11 is 6.06. The van der Waals surface area contributed by atoms with E-state index in [0.717, 1.165) is 17.9 Å². The van der Waals surface area contributed by atoms with Crippen LogP contribution in [0.15, 0.2) is 18.2 Å². The van der Waals surface area contributed by atoms with Crippen molar-refractivity contribution in [1.82, 2.24) is 0 Å². The van der Waals surface area contributed by atoms with Crippen LogP contribution >= 0.6 is 11.6 Å². The molecule has 0 radical (unpaired) electrons. The van der Waals surface area contributed by atoms with Crippen molar-refractivity contribution in [2.45, 2.75) is 33.2 Å². The first-order chi connectivity index (χ1) is 9.08. The Bertz CT molecular complexity index is 382. The van der Waals surface area contributed by atoms with Gasteiger partial charge >= 0.3 is 0 Å². The zero-order chi connectivity index (χ0) is 14.3. The van der Waals surface area contributed by atoms with Crippen LogP contribution in [0.2, 0.25) is 5.02 Å². The Morgan fingerprint density at radius 3 is 2.63 bits per heavy atom. The minimum absolute atomic E-state index is 0.229. The van der Waals surface area contributed by atoms with Gasteiger partial charge in [0.15, 0.2) is 0 Å². The van der Waals surface area contributed by atoms with E-state index in [2.05, 4.69) is 26.1 Å². The maximum atomic E-state index is 6.06. The summed E-state index contributed by atoms with van der Waals surface area (Å²) in [7, 11) is 1.71. The molecule has 4 heteroatoms. The first kappa shape index (κ1) is 16.1. The normalized spacial score (nSPS) is 12.5. The van der Waals surface area contributed by atoms with Crippen LogP contribution < -0.4 is 10.1 Å². The van der Waals surface area contributed by atoms with Crippen molar-refractivity contribution < 1.29 is 9.47 Å². The van der Waals surface area contributed by atoms with E-state index in [4.69, 9.17) is 21.1 Å². The number of hydrogen-bond acceptors (Lipinski definition) is 3. The van der Waals surface area contributed by atoms with Crippen molar-refractivity contribution in [2.24, 2.45) is 5.92 Å². The molecule has 0 saturated heterocycles. The summed E-state index contributed by atoms with van der Waals surface area (Å²) < 4.78 is 11.0. The number of halogens is 1. The molecule has 1 unspecified atom stereocenters. The molecule has 108 valence electrons. The van der Waals surface area contributed by atoms with Crippen molar-refractivity contribution in [3.63, 3.8) is 0 Å². The number of methoxy groups -OCH3 is 1. The first-order valence-corrected chi connectivity index (χ1v) is 7.14. The Balaban J connectivity index is 2.86. The highest BCUT2D eigenvalue weighted by Crippen LogP contribution is 2.29. The topological polar surface area (TPSA) is 30.5 Å². The van der Waals surface area contributed by atoms with E-state index in [9.17, 15) is 0 Å². The Morgan fingerprint density at radius 1 is 1.32 bits per heavy atom. The lowest BCUT2D eigenvalue weighted by atomic mass is 10.0. The quantitative estimate of drug-likeness (QED) is 0.776. The van der Waals surface area contributed by atoms with E-state index in [-0.39, 0.29) is 6.04 Å². The number of rotatable bonds is 8. The molecule has 0 aromatic heterocycles. The monoisotopic (exact) mass is 285 g/mol. The second-order valence-electron chi connectivity index (χ2n) is 4.94. The largest absolute Gasteiger partial charge is 0.491 e. The van der Waals surface area contributed by atoms with Gasteiger partial charge in [0.1, 0.15) is 5.75 Å². The lowest BCUT2D eigenvalue weighted by molar-refractivity contribution is 0.171. The summed E-state index contributed by atoms with van der Waals surface area (Å²) in [4.78, 5) is 0. The summed E-state index contributed by atoms with van der Waals surface area (Å²) in [6.45, 7) is 7.76. The minimum atomic E-state index is 0.229. The predicted molar refractivity (Wildman–Crippen MR) is 81.4 cm³/mol. The highest BCUT2D eigenvalue weighted by Gasteiger charge is 2.15. The lowest BCUT2D eigenvalue weighted by Gasteiger charge is -2.24. The molecular formula is C15H24ClNO2. The lowest BCUT2D eigenvalue weighted by Crippen LogP contribution is -2.30. The third-order valence-electron chi connectivity index (χ3n) is 2.90. The number of benzene rings is 1. The second-order valence-corrected chi connectivity index (χ2v) is 5.38. The summed E-state index contributed by atoms with van der Waals surface area (Å²) in [5.41, 5.74) is 0.928. The maximum Gasteiger partial charge on any atom is 0.142 e.